The van der Waals surface area contributed by atoms with Crippen LogP contribution in [0.1, 0.15) is 0 Å². The maximum atomic E-state index is 6.19. The fourth-order valence-electron chi connectivity index (χ4n) is 1.59. The highest BCUT2D eigenvalue weighted by molar-refractivity contribution is 6.46. The van der Waals surface area contributed by atoms with Crippen molar-refractivity contribution in [2.45, 2.75) is 0 Å². The summed E-state index contributed by atoms with van der Waals surface area (Å²) in [5.41, 5.74) is 1.16. The predicted octanol–water partition coefficient (Wildman–Crippen LogP) is 2.89. The van der Waals surface area contributed by atoms with Gasteiger partial charge < -0.3 is 0 Å². The summed E-state index contributed by atoms with van der Waals surface area (Å²) < 4.78 is 0. The maximum Gasteiger partial charge on any atom is 0.139 e. The first-order chi connectivity index (χ1) is 8.67. The fourth-order valence-corrected chi connectivity index (χ4v) is 2.10. The number of aliphatic imine (C=N–C) groups is 1. The van der Waals surface area contributed by atoms with E-state index >= 15 is 0 Å². The van der Waals surface area contributed by atoms with Crippen LogP contribution in [-0.2, 0) is 0 Å². The van der Waals surface area contributed by atoms with Crippen molar-refractivity contribution in [3.8, 4) is 0 Å². The van der Waals surface area contributed by atoms with Crippen LogP contribution in [0.2, 0.25) is 0 Å². The second kappa shape index (κ2) is 5.34. The number of hydrogen-bond acceptors (Lipinski definition) is 2. The van der Waals surface area contributed by atoms with Gasteiger partial charge in [-0.25, -0.2) is 9.98 Å². The van der Waals surface area contributed by atoms with Gasteiger partial charge in [0.25, 0.3) is 0 Å². The lowest BCUT2D eigenvalue weighted by atomic mass is 10.1. The summed E-state index contributed by atoms with van der Waals surface area (Å²) >= 11 is 12.4. The monoisotopic (exact) mass is 276 g/mol. The maximum absolute atomic E-state index is 6.19. The van der Waals surface area contributed by atoms with Gasteiger partial charge in [-0.1, -0.05) is 54.6 Å². The lowest BCUT2D eigenvalue weighted by molar-refractivity contribution is 1.25. The first-order valence-electron chi connectivity index (χ1n) is 5.24. The van der Waals surface area contributed by atoms with Crippen LogP contribution in [0.4, 0.5) is 0 Å². The summed E-state index contributed by atoms with van der Waals surface area (Å²) in [6, 6.07) is 7.40. The zero-order valence-corrected chi connectivity index (χ0v) is 11.0. The highest BCUT2D eigenvalue weighted by Crippen LogP contribution is 2.17. The van der Waals surface area contributed by atoms with Crippen molar-refractivity contribution in [3.63, 3.8) is 0 Å². The Hall–Kier alpha value is -1.64. The lowest BCUT2D eigenvalue weighted by Crippen LogP contribution is -2.26. The van der Waals surface area contributed by atoms with E-state index in [4.69, 9.17) is 23.2 Å². The van der Waals surface area contributed by atoms with Crippen molar-refractivity contribution < 1.29 is 0 Å². The fraction of sp³-hybridized carbons (Fsp3) is 0. The van der Waals surface area contributed by atoms with E-state index in [2.05, 4.69) is 23.1 Å². The van der Waals surface area contributed by atoms with E-state index in [1.807, 2.05) is 24.3 Å². The van der Waals surface area contributed by atoms with Crippen molar-refractivity contribution >= 4 is 34.1 Å². The zero-order valence-electron chi connectivity index (χ0n) is 9.53. The molecule has 2 rings (SSSR count). The molecule has 1 aromatic rings. The van der Waals surface area contributed by atoms with Gasteiger partial charge in [0, 0.05) is 10.8 Å². The van der Waals surface area contributed by atoms with Crippen LogP contribution in [0, 0.1) is 0 Å². The topological polar surface area (TPSA) is 24.7 Å². The molecule has 18 heavy (non-hydrogen) atoms. The summed E-state index contributed by atoms with van der Waals surface area (Å²) in [7, 11) is 0. The second-order valence-corrected chi connectivity index (χ2v) is 4.25. The molecule has 1 aliphatic rings. The molecule has 1 aromatic carbocycles. The number of hydrogen-bond donors (Lipinski definition) is 0. The lowest BCUT2D eigenvalue weighted by Gasteiger charge is -2.06. The Labute approximate surface area is 115 Å². The van der Waals surface area contributed by atoms with Gasteiger partial charge in [0.2, 0.25) is 0 Å². The Morgan fingerprint density at radius 2 is 1.67 bits per heavy atom. The molecule has 2 nitrogen and oxygen atoms in total. The first kappa shape index (κ1) is 12.8. The number of rotatable bonds is 2. The van der Waals surface area contributed by atoms with Crippen LogP contribution in [0.15, 0.2) is 70.3 Å². The van der Waals surface area contributed by atoms with E-state index < -0.39 is 0 Å². The van der Waals surface area contributed by atoms with Gasteiger partial charge in [-0.15, -0.1) is 0 Å². The van der Waals surface area contributed by atoms with Gasteiger partial charge in [-0.2, -0.15) is 0 Å². The number of nitrogens with zero attached hydrogens (tertiary/aromatic N) is 2. The number of allylic oxidation sites excluding steroid dienone is 3. The largest absolute Gasteiger partial charge is 0.235 e. The SMILES string of the molecule is C=CC1=N/C(Cl)=c2/cccc/c2=N/C(Cl)=C\1C=C. The number of halogens is 2. The molecule has 0 N–H and O–H groups in total. The molecule has 1 heterocycles. The molecule has 0 saturated heterocycles. The van der Waals surface area contributed by atoms with Crippen LogP contribution in [-0.4, -0.2) is 5.71 Å². The predicted molar refractivity (Wildman–Crippen MR) is 77.2 cm³/mol. The van der Waals surface area contributed by atoms with Gasteiger partial charge in [0.1, 0.15) is 10.3 Å². The molecule has 0 aliphatic carbocycles. The minimum atomic E-state index is 0.320. The molecule has 0 atom stereocenters. The normalized spacial score (nSPS) is 26.8. The molecule has 1 aliphatic heterocycles. The Kier molecular flexibility index (Phi) is 3.80. The quantitative estimate of drug-likeness (QED) is 0.743. The van der Waals surface area contributed by atoms with Crippen LogP contribution in [0.25, 0.3) is 5.16 Å². The van der Waals surface area contributed by atoms with E-state index in [-0.39, 0.29) is 0 Å². The Morgan fingerprint density at radius 3 is 2.33 bits per heavy atom. The van der Waals surface area contributed by atoms with E-state index in [0.29, 0.717) is 27.0 Å². The zero-order chi connectivity index (χ0) is 13.1. The standard InChI is InChI=1S/C14H10Cl2N2/c1-3-9-11(4-2)17-14(16)10-7-5-6-8-12(10)18-13(9)15/h3-8H,1-2H2/b11-9?,13-9-,14-10-,17-11-,17-14?,18-12-,18-13?. The summed E-state index contributed by atoms with van der Waals surface area (Å²) in [5.74, 6) is 0. The third-order valence-corrected chi connectivity index (χ3v) is 3.04. The molecule has 0 amide bonds. The molecule has 0 unspecified atom stereocenters. The molecular formula is C14H10Cl2N2. The number of fused-ring (bicyclic) bond motifs is 1. The first-order valence-corrected chi connectivity index (χ1v) is 6.00. The van der Waals surface area contributed by atoms with Crippen molar-refractivity contribution in [3.05, 3.63) is 70.9 Å². The van der Waals surface area contributed by atoms with Gasteiger partial charge >= 0.3 is 0 Å². The van der Waals surface area contributed by atoms with Crippen LogP contribution in [0.5, 0.6) is 0 Å². The van der Waals surface area contributed by atoms with E-state index in [1.54, 1.807) is 12.2 Å². The molecule has 4 heteroatoms. The average molecular weight is 277 g/mol. The van der Waals surface area contributed by atoms with Crippen molar-refractivity contribution in [2.75, 3.05) is 0 Å². The van der Waals surface area contributed by atoms with Crippen LogP contribution < -0.4 is 10.6 Å². The molecule has 0 saturated carbocycles. The summed E-state index contributed by atoms with van der Waals surface area (Å²) in [6.45, 7) is 7.40. The minimum Gasteiger partial charge on any atom is -0.235 e. The Bertz CT molecular complexity index is 697. The van der Waals surface area contributed by atoms with Crippen molar-refractivity contribution in [2.24, 2.45) is 9.98 Å². The molecule has 0 radical (unpaired) electrons. The van der Waals surface area contributed by atoms with Gasteiger partial charge in [-0.05, 0) is 18.2 Å². The molecule has 0 spiro atoms. The van der Waals surface area contributed by atoms with E-state index in [1.165, 1.54) is 0 Å². The third-order valence-electron chi connectivity index (χ3n) is 2.46. The van der Waals surface area contributed by atoms with Gasteiger partial charge in [-0.3, -0.25) is 0 Å². The van der Waals surface area contributed by atoms with E-state index in [0.717, 1.165) is 5.22 Å². The van der Waals surface area contributed by atoms with E-state index in [9.17, 15) is 0 Å². The summed E-state index contributed by atoms with van der Waals surface area (Å²) in [4.78, 5) is 8.65. The second-order valence-electron chi connectivity index (χ2n) is 3.53. The number of benzene rings is 1. The van der Waals surface area contributed by atoms with Crippen LogP contribution in [0.3, 0.4) is 0 Å². The molecule has 0 fully saturated rings. The Morgan fingerprint density at radius 1 is 0.944 bits per heavy atom. The van der Waals surface area contributed by atoms with Gasteiger partial charge in [0.15, 0.2) is 0 Å². The molecule has 0 bridgehead atoms. The highest BCUT2D eigenvalue weighted by Gasteiger charge is 2.09. The molecule has 90 valence electrons. The molecule has 0 aromatic heterocycles. The number of para-hydroxylation sites is 1. The third kappa shape index (κ3) is 2.30. The van der Waals surface area contributed by atoms with Crippen molar-refractivity contribution in [1.82, 2.24) is 0 Å². The Balaban J connectivity index is 2.94. The van der Waals surface area contributed by atoms with Crippen molar-refractivity contribution in [1.29, 1.82) is 0 Å². The average Bonchev–Trinajstić information content (AvgIpc) is 2.37. The van der Waals surface area contributed by atoms with Gasteiger partial charge in [0.05, 0.1) is 11.1 Å². The minimum absolute atomic E-state index is 0.320. The smallest absolute Gasteiger partial charge is 0.139 e. The van der Waals surface area contributed by atoms with Crippen LogP contribution >= 0.6 is 23.2 Å². The highest BCUT2D eigenvalue weighted by atomic mass is 35.5. The molecular weight excluding hydrogens is 267 g/mol. The summed E-state index contributed by atoms with van der Waals surface area (Å²) in [6.07, 6.45) is 3.16. The summed E-state index contributed by atoms with van der Waals surface area (Å²) in [5, 5.41) is 2.09.